The molecular weight excluding hydrogens is 299 g/mol. The van der Waals surface area contributed by atoms with Crippen LogP contribution < -0.4 is 4.74 Å². The van der Waals surface area contributed by atoms with E-state index >= 15 is 0 Å². The molecule has 2 aromatic carbocycles. The summed E-state index contributed by atoms with van der Waals surface area (Å²) in [5, 5.41) is 19.3. The second kappa shape index (κ2) is 6.20. The van der Waals surface area contributed by atoms with E-state index in [-0.39, 0.29) is 22.9 Å². The first-order valence-electron chi connectivity index (χ1n) is 5.76. The van der Waals surface area contributed by atoms with Crippen LogP contribution in [0.1, 0.15) is 11.1 Å². The second-order valence-corrected chi connectivity index (χ2v) is 4.31. The lowest BCUT2D eigenvalue weighted by molar-refractivity contribution is -0.384. The van der Waals surface area contributed by atoms with Gasteiger partial charge in [-0.3, -0.25) is 10.1 Å². The Morgan fingerprint density at radius 1 is 1.33 bits per heavy atom. The molecule has 0 fully saturated rings. The topological polar surface area (TPSA) is 76.2 Å². The van der Waals surface area contributed by atoms with Gasteiger partial charge in [-0.05, 0) is 18.2 Å². The second-order valence-electron chi connectivity index (χ2n) is 4.04. The first-order valence-corrected chi connectivity index (χ1v) is 6.29. The molecule has 0 bridgehead atoms. The van der Waals surface area contributed by atoms with Gasteiger partial charge in [-0.25, -0.2) is 4.39 Å². The summed E-state index contributed by atoms with van der Waals surface area (Å²) < 4.78 is 18.9. The molecule has 0 heterocycles. The lowest BCUT2D eigenvalue weighted by Crippen LogP contribution is -1.94. The van der Waals surface area contributed by atoms with Crippen molar-refractivity contribution in [1.82, 2.24) is 0 Å². The average molecular weight is 307 g/mol. The van der Waals surface area contributed by atoms with Gasteiger partial charge in [0.1, 0.15) is 23.4 Å². The molecule has 2 aromatic rings. The van der Waals surface area contributed by atoms with Crippen LogP contribution >= 0.6 is 11.6 Å². The predicted molar refractivity (Wildman–Crippen MR) is 73.8 cm³/mol. The summed E-state index contributed by atoms with van der Waals surface area (Å²) in [5.74, 6) is -0.230. The number of nitro groups is 1. The number of ether oxygens (including phenoxy) is 1. The van der Waals surface area contributed by atoms with Gasteiger partial charge in [-0.1, -0.05) is 0 Å². The molecule has 0 spiro atoms. The quantitative estimate of drug-likeness (QED) is 0.483. The normalized spacial score (nSPS) is 9.95. The van der Waals surface area contributed by atoms with Crippen molar-refractivity contribution in [2.45, 2.75) is 5.88 Å². The third-order valence-electron chi connectivity index (χ3n) is 2.69. The van der Waals surface area contributed by atoms with E-state index in [1.807, 2.05) is 0 Å². The Morgan fingerprint density at radius 2 is 2.10 bits per heavy atom. The maximum Gasteiger partial charge on any atom is 0.270 e. The van der Waals surface area contributed by atoms with Gasteiger partial charge in [-0.2, -0.15) is 5.26 Å². The molecule has 0 radical (unpaired) electrons. The predicted octanol–water partition coefficient (Wildman–Crippen LogP) is 4.14. The van der Waals surface area contributed by atoms with Gasteiger partial charge in [0.2, 0.25) is 0 Å². The van der Waals surface area contributed by atoms with Crippen molar-refractivity contribution < 1.29 is 14.1 Å². The van der Waals surface area contributed by atoms with Crippen LogP contribution in [-0.4, -0.2) is 4.92 Å². The fraction of sp³-hybridized carbons (Fsp3) is 0.0714. The fourth-order valence-corrected chi connectivity index (χ4v) is 1.87. The summed E-state index contributed by atoms with van der Waals surface area (Å²) in [7, 11) is 0. The molecule has 7 heteroatoms. The van der Waals surface area contributed by atoms with Gasteiger partial charge in [0.05, 0.1) is 16.4 Å². The smallest absolute Gasteiger partial charge is 0.270 e. The zero-order valence-corrected chi connectivity index (χ0v) is 11.3. The highest BCUT2D eigenvalue weighted by Crippen LogP contribution is 2.30. The largest absolute Gasteiger partial charge is 0.457 e. The van der Waals surface area contributed by atoms with Crippen LogP contribution in [0.2, 0.25) is 0 Å². The van der Waals surface area contributed by atoms with Crippen LogP contribution in [0, 0.1) is 27.3 Å². The number of benzene rings is 2. The molecule has 5 nitrogen and oxygen atoms in total. The van der Waals surface area contributed by atoms with Crippen molar-refractivity contribution in [3.63, 3.8) is 0 Å². The van der Waals surface area contributed by atoms with Crippen molar-refractivity contribution >= 4 is 17.3 Å². The van der Waals surface area contributed by atoms with E-state index in [0.29, 0.717) is 11.3 Å². The summed E-state index contributed by atoms with van der Waals surface area (Å²) >= 11 is 5.73. The maximum absolute atomic E-state index is 13.5. The molecule has 0 saturated heterocycles. The van der Waals surface area contributed by atoms with E-state index in [2.05, 4.69) is 0 Å². The Bertz CT molecular complexity index is 743. The van der Waals surface area contributed by atoms with Crippen molar-refractivity contribution in [1.29, 1.82) is 5.26 Å². The number of hydrogen-bond donors (Lipinski definition) is 0. The molecule has 0 aliphatic carbocycles. The highest BCUT2D eigenvalue weighted by molar-refractivity contribution is 6.17. The Balaban J connectivity index is 2.33. The Kier molecular flexibility index (Phi) is 4.36. The number of nitrogens with zero attached hydrogens (tertiary/aromatic N) is 2. The summed E-state index contributed by atoms with van der Waals surface area (Å²) in [5.41, 5.74) is 0.211. The summed E-state index contributed by atoms with van der Waals surface area (Å²) in [6.45, 7) is 0. The molecular formula is C14H8ClFN2O3. The molecule has 106 valence electrons. The number of hydrogen-bond acceptors (Lipinski definition) is 4. The molecule has 2 rings (SSSR count). The summed E-state index contributed by atoms with van der Waals surface area (Å²) in [6, 6.07) is 9.45. The molecule has 0 amide bonds. The molecule has 0 aromatic heterocycles. The van der Waals surface area contributed by atoms with E-state index in [0.717, 1.165) is 6.07 Å². The molecule has 0 aliphatic heterocycles. The Morgan fingerprint density at radius 3 is 2.67 bits per heavy atom. The van der Waals surface area contributed by atoms with Crippen LogP contribution in [0.4, 0.5) is 10.1 Å². The third-order valence-corrected chi connectivity index (χ3v) is 2.98. The number of rotatable bonds is 4. The highest BCUT2D eigenvalue weighted by Gasteiger charge is 2.12. The van der Waals surface area contributed by atoms with Crippen LogP contribution in [0.25, 0.3) is 0 Å². The van der Waals surface area contributed by atoms with E-state index < -0.39 is 10.7 Å². The van der Waals surface area contributed by atoms with Gasteiger partial charge in [0.15, 0.2) is 0 Å². The zero-order valence-electron chi connectivity index (χ0n) is 10.5. The highest BCUT2D eigenvalue weighted by atomic mass is 35.5. The van der Waals surface area contributed by atoms with E-state index in [1.54, 1.807) is 6.07 Å². The third kappa shape index (κ3) is 3.27. The standard InChI is InChI=1S/C14H8ClFN2O3/c15-7-10-5-11(18(19)20)2-4-14(10)21-12-3-1-9(8-17)13(16)6-12/h1-6H,7H2. The van der Waals surface area contributed by atoms with E-state index in [9.17, 15) is 14.5 Å². The first-order chi connectivity index (χ1) is 10.0. The van der Waals surface area contributed by atoms with Crippen molar-refractivity contribution in [2.75, 3.05) is 0 Å². The van der Waals surface area contributed by atoms with Crippen molar-refractivity contribution in [3.05, 3.63) is 63.5 Å². The van der Waals surface area contributed by atoms with Gasteiger partial charge < -0.3 is 4.74 Å². The zero-order chi connectivity index (χ0) is 15.4. The first kappa shape index (κ1) is 14.8. The minimum absolute atomic E-state index is 0.00970. The number of non-ortho nitro benzene ring substituents is 1. The summed E-state index contributed by atoms with van der Waals surface area (Å²) in [6.07, 6.45) is 0. The molecule has 0 atom stereocenters. The molecule has 0 unspecified atom stereocenters. The Labute approximate surface area is 124 Å². The molecule has 0 saturated carbocycles. The average Bonchev–Trinajstić information content (AvgIpc) is 2.47. The van der Waals surface area contributed by atoms with Crippen LogP contribution in [-0.2, 0) is 5.88 Å². The monoisotopic (exact) mass is 306 g/mol. The van der Waals surface area contributed by atoms with Crippen LogP contribution in [0.3, 0.4) is 0 Å². The van der Waals surface area contributed by atoms with Gasteiger partial charge in [-0.15, -0.1) is 11.6 Å². The van der Waals surface area contributed by atoms with E-state index in [4.69, 9.17) is 21.6 Å². The van der Waals surface area contributed by atoms with Crippen molar-refractivity contribution in [2.24, 2.45) is 0 Å². The number of nitriles is 1. The van der Waals surface area contributed by atoms with Gasteiger partial charge in [0, 0.05) is 23.8 Å². The van der Waals surface area contributed by atoms with Crippen LogP contribution in [0.5, 0.6) is 11.5 Å². The van der Waals surface area contributed by atoms with E-state index in [1.165, 1.54) is 30.3 Å². The maximum atomic E-state index is 13.5. The van der Waals surface area contributed by atoms with Crippen molar-refractivity contribution in [3.8, 4) is 17.6 Å². The lowest BCUT2D eigenvalue weighted by Gasteiger charge is -2.09. The van der Waals surface area contributed by atoms with Gasteiger partial charge in [0.25, 0.3) is 5.69 Å². The Hall–Kier alpha value is -2.65. The van der Waals surface area contributed by atoms with Crippen LogP contribution in [0.15, 0.2) is 36.4 Å². The minimum atomic E-state index is -0.704. The molecule has 21 heavy (non-hydrogen) atoms. The number of alkyl halides is 1. The lowest BCUT2D eigenvalue weighted by atomic mass is 10.2. The molecule has 0 aliphatic rings. The number of nitro benzene ring substituents is 1. The molecule has 0 N–H and O–H groups in total. The number of halogens is 2. The van der Waals surface area contributed by atoms with Gasteiger partial charge >= 0.3 is 0 Å². The minimum Gasteiger partial charge on any atom is -0.457 e. The fourth-order valence-electron chi connectivity index (χ4n) is 1.66. The SMILES string of the molecule is N#Cc1ccc(Oc2ccc([N+](=O)[O-])cc2CCl)cc1F. The summed E-state index contributed by atoms with van der Waals surface area (Å²) in [4.78, 5) is 10.2.